The lowest BCUT2D eigenvalue weighted by Crippen LogP contribution is -2.01. The normalized spacial score (nSPS) is 21.6. The highest BCUT2D eigenvalue weighted by Crippen LogP contribution is 2.20. The summed E-state index contributed by atoms with van der Waals surface area (Å²) >= 11 is 0. The largest absolute Gasteiger partial charge is 0.389 e. The lowest BCUT2D eigenvalue weighted by Gasteiger charge is -2.04. The number of hydrogen-bond donors (Lipinski definition) is 1. The first-order valence-corrected chi connectivity index (χ1v) is 6.17. The van der Waals surface area contributed by atoms with Gasteiger partial charge < -0.3 is 5.11 Å². The molecule has 3 nitrogen and oxygen atoms in total. The molecule has 1 aromatic rings. The zero-order chi connectivity index (χ0) is 11.4. The van der Waals surface area contributed by atoms with Crippen LogP contribution in [0, 0.1) is 0 Å². The number of allylic oxidation sites excluding steroid dienone is 1. The summed E-state index contributed by atoms with van der Waals surface area (Å²) in [5.41, 5.74) is 2.61. The van der Waals surface area contributed by atoms with E-state index in [2.05, 4.69) is 18.2 Å². The minimum atomic E-state index is -0.237. The highest BCUT2D eigenvalue weighted by Gasteiger charge is 2.10. The van der Waals surface area contributed by atoms with Gasteiger partial charge in [0.15, 0.2) is 0 Å². The van der Waals surface area contributed by atoms with Gasteiger partial charge in [0.2, 0.25) is 0 Å². The Morgan fingerprint density at radius 3 is 3.12 bits per heavy atom. The summed E-state index contributed by atoms with van der Waals surface area (Å²) in [4.78, 5) is 0. The van der Waals surface area contributed by atoms with Crippen LogP contribution in [0.1, 0.15) is 38.2 Å². The first kappa shape index (κ1) is 11.4. The van der Waals surface area contributed by atoms with Gasteiger partial charge in [-0.2, -0.15) is 5.10 Å². The van der Waals surface area contributed by atoms with E-state index in [0.717, 1.165) is 32.2 Å². The lowest BCUT2D eigenvalue weighted by atomic mass is 10.0. The molecule has 0 amide bonds. The van der Waals surface area contributed by atoms with Gasteiger partial charge in [0, 0.05) is 12.7 Å². The third-order valence-electron chi connectivity index (χ3n) is 3.12. The summed E-state index contributed by atoms with van der Waals surface area (Å²) in [5, 5.41) is 14.0. The third kappa shape index (κ3) is 2.95. The molecule has 1 aliphatic carbocycles. The first-order chi connectivity index (χ1) is 7.78. The Kier molecular flexibility index (Phi) is 3.78. The monoisotopic (exact) mass is 220 g/mol. The average Bonchev–Trinajstić information content (AvgIpc) is 2.62. The van der Waals surface area contributed by atoms with E-state index in [9.17, 15) is 5.11 Å². The van der Waals surface area contributed by atoms with Crippen LogP contribution in [0.25, 0.3) is 0 Å². The molecule has 1 unspecified atom stereocenters. The molecule has 2 rings (SSSR count). The maximum atomic E-state index is 9.69. The fourth-order valence-electron chi connectivity index (χ4n) is 2.22. The Balaban J connectivity index is 2.02. The molecule has 0 aliphatic heterocycles. The van der Waals surface area contributed by atoms with Gasteiger partial charge in [-0.15, -0.1) is 0 Å². The molecule has 88 valence electrons. The molecule has 1 N–H and O–H groups in total. The Labute approximate surface area is 96.8 Å². The number of aliphatic hydroxyl groups is 1. The lowest BCUT2D eigenvalue weighted by molar-refractivity contribution is 0.211. The van der Waals surface area contributed by atoms with Crippen molar-refractivity contribution in [1.29, 1.82) is 0 Å². The van der Waals surface area contributed by atoms with Gasteiger partial charge >= 0.3 is 0 Å². The third-order valence-corrected chi connectivity index (χ3v) is 3.12. The number of aliphatic hydroxyl groups excluding tert-OH is 1. The quantitative estimate of drug-likeness (QED) is 0.794. The molecule has 1 heterocycles. The van der Waals surface area contributed by atoms with Crippen LogP contribution in [-0.4, -0.2) is 21.0 Å². The Bertz CT molecular complexity index is 368. The van der Waals surface area contributed by atoms with E-state index in [-0.39, 0.29) is 6.10 Å². The molecule has 1 aromatic heterocycles. The molecule has 0 saturated heterocycles. The zero-order valence-corrected chi connectivity index (χ0v) is 9.89. The van der Waals surface area contributed by atoms with E-state index >= 15 is 0 Å². The molecular formula is C13H20N2O. The zero-order valence-electron chi connectivity index (χ0n) is 9.89. The summed E-state index contributed by atoms with van der Waals surface area (Å²) in [6.07, 6.45) is 11.1. The van der Waals surface area contributed by atoms with Crippen molar-refractivity contribution in [2.24, 2.45) is 0 Å². The van der Waals surface area contributed by atoms with Gasteiger partial charge in [-0.05, 0) is 38.2 Å². The van der Waals surface area contributed by atoms with Gasteiger partial charge in [-0.25, -0.2) is 0 Å². The predicted octanol–water partition coefficient (Wildman–Crippen LogP) is 2.31. The molecule has 0 bridgehead atoms. The van der Waals surface area contributed by atoms with E-state index in [1.807, 2.05) is 17.0 Å². The van der Waals surface area contributed by atoms with Crippen LogP contribution in [-0.2, 0) is 13.0 Å². The minimum absolute atomic E-state index is 0.237. The molecule has 3 heteroatoms. The van der Waals surface area contributed by atoms with Gasteiger partial charge in [-0.1, -0.05) is 18.1 Å². The molecule has 1 atom stereocenters. The van der Waals surface area contributed by atoms with Crippen LogP contribution in [0.5, 0.6) is 0 Å². The molecular weight excluding hydrogens is 200 g/mol. The highest BCUT2D eigenvalue weighted by atomic mass is 16.3. The van der Waals surface area contributed by atoms with Crippen LogP contribution in [0.4, 0.5) is 0 Å². The molecule has 0 fully saturated rings. The van der Waals surface area contributed by atoms with Crippen molar-refractivity contribution in [1.82, 2.24) is 9.78 Å². The summed E-state index contributed by atoms with van der Waals surface area (Å²) in [6, 6.07) is 0. The fraction of sp³-hybridized carbons (Fsp3) is 0.615. The van der Waals surface area contributed by atoms with Crippen molar-refractivity contribution < 1.29 is 5.11 Å². The summed E-state index contributed by atoms with van der Waals surface area (Å²) in [6.45, 7) is 3.01. The van der Waals surface area contributed by atoms with Crippen molar-refractivity contribution in [3.63, 3.8) is 0 Å². The topological polar surface area (TPSA) is 38.0 Å². The van der Waals surface area contributed by atoms with E-state index in [1.54, 1.807) is 0 Å². The molecule has 16 heavy (non-hydrogen) atoms. The van der Waals surface area contributed by atoms with Crippen LogP contribution in [0.15, 0.2) is 24.0 Å². The molecule has 1 aliphatic rings. The van der Waals surface area contributed by atoms with Crippen molar-refractivity contribution in [2.45, 2.75) is 51.7 Å². The molecule has 0 saturated carbocycles. The van der Waals surface area contributed by atoms with Crippen molar-refractivity contribution in [2.75, 3.05) is 0 Å². The van der Waals surface area contributed by atoms with Gasteiger partial charge in [0.1, 0.15) is 0 Å². The second-order valence-electron chi connectivity index (χ2n) is 4.52. The Morgan fingerprint density at radius 1 is 1.50 bits per heavy atom. The van der Waals surface area contributed by atoms with Gasteiger partial charge in [-0.3, -0.25) is 4.68 Å². The van der Waals surface area contributed by atoms with Crippen molar-refractivity contribution in [3.8, 4) is 0 Å². The van der Waals surface area contributed by atoms with Crippen LogP contribution < -0.4 is 0 Å². The SMILES string of the molecule is CCn1cc(CC2=CC(O)CCCC2)cn1. The second-order valence-corrected chi connectivity index (χ2v) is 4.52. The standard InChI is InChI=1S/C13H20N2O/c1-2-15-10-12(9-14-15)7-11-5-3-4-6-13(16)8-11/h8-10,13,16H,2-7H2,1H3. The number of hydrogen-bond acceptors (Lipinski definition) is 2. The van der Waals surface area contributed by atoms with Gasteiger partial charge in [0.05, 0.1) is 12.3 Å². The van der Waals surface area contributed by atoms with Gasteiger partial charge in [0.25, 0.3) is 0 Å². The number of aryl methyl sites for hydroxylation is 1. The first-order valence-electron chi connectivity index (χ1n) is 6.17. The van der Waals surface area contributed by atoms with E-state index < -0.39 is 0 Å². The Morgan fingerprint density at radius 2 is 2.38 bits per heavy atom. The average molecular weight is 220 g/mol. The number of aromatic nitrogens is 2. The maximum Gasteiger partial charge on any atom is 0.0723 e. The smallest absolute Gasteiger partial charge is 0.0723 e. The van der Waals surface area contributed by atoms with E-state index in [4.69, 9.17) is 0 Å². The molecule has 0 radical (unpaired) electrons. The minimum Gasteiger partial charge on any atom is -0.389 e. The van der Waals surface area contributed by atoms with Crippen molar-refractivity contribution >= 4 is 0 Å². The maximum absolute atomic E-state index is 9.69. The highest BCUT2D eigenvalue weighted by molar-refractivity contribution is 5.18. The second kappa shape index (κ2) is 5.30. The van der Waals surface area contributed by atoms with Crippen molar-refractivity contribution in [3.05, 3.63) is 29.6 Å². The fourth-order valence-corrected chi connectivity index (χ4v) is 2.22. The van der Waals surface area contributed by atoms with Crippen LogP contribution in [0.3, 0.4) is 0 Å². The number of rotatable bonds is 3. The van der Waals surface area contributed by atoms with Crippen LogP contribution >= 0.6 is 0 Å². The summed E-state index contributed by atoms with van der Waals surface area (Å²) in [5.74, 6) is 0. The van der Waals surface area contributed by atoms with E-state index in [0.29, 0.717) is 0 Å². The molecule has 0 aromatic carbocycles. The number of nitrogens with zero attached hydrogens (tertiary/aromatic N) is 2. The molecule has 0 spiro atoms. The predicted molar refractivity (Wildman–Crippen MR) is 64.2 cm³/mol. The van der Waals surface area contributed by atoms with E-state index in [1.165, 1.54) is 17.6 Å². The van der Waals surface area contributed by atoms with Crippen LogP contribution in [0.2, 0.25) is 0 Å². The Hall–Kier alpha value is -1.09. The summed E-state index contributed by atoms with van der Waals surface area (Å²) in [7, 11) is 0. The summed E-state index contributed by atoms with van der Waals surface area (Å²) < 4.78 is 1.95.